The van der Waals surface area contributed by atoms with Gasteiger partial charge in [0.15, 0.2) is 0 Å². The maximum Gasteiger partial charge on any atom is 0.143 e. The quantitative estimate of drug-likeness (QED) is 0.173. The highest BCUT2D eigenvalue weighted by Gasteiger charge is 2.23. The van der Waals surface area contributed by atoms with Crippen LogP contribution in [0.1, 0.15) is 0 Å². The molecule has 0 aliphatic carbocycles. The van der Waals surface area contributed by atoms with Crippen LogP contribution in [0.2, 0.25) is 0 Å². The molecule has 55 heavy (non-hydrogen) atoms. The summed E-state index contributed by atoms with van der Waals surface area (Å²) in [6.07, 6.45) is 0. The Balaban J connectivity index is 1.12. The Morgan fingerprint density at radius 3 is 1.75 bits per heavy atom. The smallest absolute Gasteiger partial charge is 0.143 e. The average molecular weight is 704 g/mol. The van der Waals surface area contributed by atoms with Gasteiger partial charge in [-0.05, 0) is 76.0 Å². The minimum Gasteiger partial charge on any atom is -0.456 e. The lowest BCUT2D eigenvalue weighted by molar-refractivity contribution is 0.669. The Kier molecular flexibility index (Phi) is 7.17. The van der Waals surface area contributed by atoms with Gasteiger partial charge in [0.25, 0.3) is 0 Å². The number of anilines is 3. The Bertz CT molecular complexity index is 3210. The molecule has 0 fully saturated rings. The van der Waals surface area contributed by atoms with E-state index in [1.165, 1.54) is 10.8 Å². The van der Waals surface area contributed by atoms with Crippen molar-refractivity contribution in [2.24, 2.45) is 0 Å². The fourth-order valence-corrected chi connectivity index (χ4v) is 8.34. The van der Waals surface area contributed by atoms with Crippen LogP contribution >= 0.6 is 0 Å². The molecular formula is C52H33NO2. The molecule has 0 N–H and O–H groups in total. The van der Waals surface area contributed by atoms with Crippen LogP contribution in [-0.4, -0.2) is 0 Å². The molecule has 0 amide bonds. The zero-order valence-corrected chi connectivity index (χ0v) is 29.8. The van der Waals surface area contributed by atoms with Crippen LogP contribution in [0.25, 0.3) is 88.0 Å². The minimum absolute atomic E-state index is 0.882. The van der Waals surface area contributed by atoms with Gasteiger partial charge in [0.05, 0.1) is 11.4 Å². The van der Waals surface area contributed by atoms with E-state index >= 15 is 0 Å². The number of nitrogens with zero attached hydrogens (tertiary/aromatic N) is 1. The van der Waals surface area contributed by atoms with Gasteiger partial charge in [-0.25, -0.2) is 0 Å². The molecule has 11 aromatic rings. The summed E-state index contributed by atoms with van der Waals surface area (Å²) < 4.78 is 13.0. The van der Waals surface area contributed by atoms with Gasteiger partial charge in [-0.15, -0.1) is 0 Å². The molecule has 3 nitrogen and oxygen atoms in total. The molecule has 0 atom stereocenters. The van der Waals surface area contributed by atoms with Gasteiger partial charge in [0.2, 0.25) is 0 Å². The number of furan rings is 2. The van der Waals surface area contributed by atoms with E-state index in [0.29, 0.717) is 0 Å². The first-order valence-corrected chi connectivity index (χ1v) is 18.7. The predicted octanol–water partition coefficient (Wildman–Crippen LogP) is 15.1. The molecule has 0 bridgehead atoms. The Morgan fingerprint density at radius 2 is 0.909 bits per heavy atom. The van der Waals surface area contributed by atoms with Crippen LogP contribution in [-0.2, 0) is 0 Å². The summed E-state index contributed by atoms with van der Waals surface area (Å²) in [6, 6.07) is 70.9. The van der Waals surface area contributed by atoms with Crippen LogP contribution < -0.4 is 4.90 Å². The molecule has 11 rings (SSSR count). The predicted molar refractivity (Wildman–Crippen MR) is 229 cm³/mol. The second-order valence-electron chi connectivity index (χ2n) is 14.0. The van der Waals surface area contributed by atoms with Crippen molar-refractivity contribution in [3.63, 3.8) is 0 Å². The first kappa shape index (κ1) is 31.2. The van der Waals surface area contributed by atoms with E-state index < -0.39 is 0 Å². The van der Waals surface area contributed by atoms with Crippen molar-refractivity contribution in [1.29, 1.82) is 0 Å². The molecule has 258 valence electrons. The van der Waals surface area contributed by atoms with Crippen molar-refractivity contribution < 1.29 is 8.83 Å². The van der Waals surface area contributed by atoms with Crippen molar-refractivity contribution in [2.75, 3.05) is 4.90 Å². The van der Waals surface area contributed by atoms with E-state index in [9.17, 15) is 0 Å². The molecule has 2 heterocycles. The molecule has 0 saturated carbocycles. The number of benzene rings is 9. The normalized spacial score (nSPS) is 11.6. The largest absolute Gasteiger partial charge is 0.456 e. The molecule has 0 spiro atoms. The van der Waals surface area contributed by atoms with Gasteiger partial charge in [-0.3, -0.25) is 0 Å². The van der Waals surface area contributed by atoms with Crippen molar-refractivity contribution in [3.8, 4) is 33.4 Å². The van der Waals surface area contributed by atoms with Crippen LogP contribution in [0, 0.1) is 0 Å². The second-order valence-corrected chi connectivity index (χ2v) is 14.0. The minimum atomic E-state index is 0.882. The lowest BCUT2D eigenvalue weighted by Gasteiger charge is -2.30. The lowest BCUT2D eigenvalue weighted by atomic mass is 9.96. The summed E-state index contributed by atoms with van der Waals surface area (Å²) in [6.45, 7) is 0. The Labute approximate surface area is 317 Å². The van der Waals surface area contributed by atoms with Crippen molar-refractivity contribution in [3.05, 3.63) is 200 Å². The van der Waals surface area contributed by atoms with Crippen molar-refractivity contribution >= 4 is 71.7 Å². The number of hydrogen-bond acceptors (Lipinski definition) is 3. The molecule has 2 aromatic heterocycles. The molecule has 0 unspecified atom stereocenters. The van der Waals surface area contributed by atoms with Crippen LogP contribution in [0.3, 0.4) is 0 Å². The molecular weight excluding hydrogens is 671 g/mol. The van der Waals surface area contributed by atoms with E-state index in [1.54, 1.807) is 0 Å². The highest BCUT2D eigenvalue weighted by atomic mass is 16.3. The molecule has 9 aromatic carbocycles. The van der Waals surface area contributed by atoms with Crippen molar-refractivity contribution in [1.82, 2.24) is 0 Å². The highest BCUT2D eigenvalue weighted by molar-refractivity contribution is 6.15. The van der Waals surface area contributed by atoms with Gasteiger partial charge in [0.1, 0.15) is 22.3 Å². The monoisotopic (exact) mass is 703 g/mol. The Hall–Kier alpha value is -7.36. The van der Waals surface area contributed by atoms with Crippen LogP contribution in [0.15, 0.2) is 209 Å². The summed E-state index contributed by atoms with van der Waals surface area (Å²) >= 11 is 0. The second kappa shape index (κ2) is 12.6. The summed E-state index contributed by atoms with van der Waals surface area (Å²) in [5.74, 6) is 0. The first-order valence-electron chi connectivity index (χ1n) is 18.7. The molecule has 0 saturated heterocycles. The van der Waals surface area contributed by atoms with Crippen LogP contribution in [0.5, 0.6) is 0 Å². The van der Waals surface area contributed by atoms with E-state index in [1.807, 2.05) is 12.1 Å². The Morgan fingerprint density at radius 1 is 0.327 bits per heavy atom. The maximum absolute atomic E-state index is 6.78. The first-order chi connectivity index (χ1) is 27.3. The third kappa shape index (κ3) is 5.13. The number of fused-ring (bicyclic) bond motifs is 7. The zero-order chi connectivity index (χ0) is 36.3. The molecule has 0 aliphatic heterocycles. The van der Waals surface area contributed by atoms with Gasteiger partial charge in [-0.1, -0.05) is 152 Å². The summed E-state index contributed by atoms with van der Waals surface area (Å²) in [5.41, 5.74) is 13.5. The van der Waals surface area contributed by atoms with Gasteiger partial charge in [0, 0.05) is 43.9 Å². The fraction of sp³-hybridized carbons (Fsp3) is 0. The lowest BCUT2D eigenvalue weighted by Crippen LogP contribution is -2.12. The van der Waals surface area contributed by atoms with Crippen molar-refractivity contribution in [2.45, 2.75) is 0 Å². The maximum atomic E-state index is 6.78. The van der Waals surface area contributed by atoms with E-state index in [-0.39, 0.29) is 0 Å². The summed E-state index contributed by atoms with van der Waals surface area (Å²) in [5, 5.41) is 6.85. The molecule has 0 radical (unpaired) electrons. The molecule has 3 heteroatoms. The standard InChI is InChI=1S/C52H33NO2/c1-2-14-34(15-3-1)39-18-6-9-24-46(39)53(38-30-28-35(29-31-38)40-21-13-27-49-51(40)44-20-8-11-26-48(44)54-49)47-25-10-7-19-41(47)42-22-12-23-43-45-32-36-16-4-5-17-37(36)33-50(45)55-52(42)43/h1-33H. The van der Waals surface area contributed by atoms with Gasteiger partial charge in [-0.2, -0.15) is 0 Å². The van der Waals surface area contributed by atoms with Gasteiger partial charge >= 0.3 is 0 Å². The van der Waals surface area contributed by atoms with E-state index in [0.717, 1.165) is 94.3 Å². The van der Waals surface area contributed by atoms with Crippen LogP contribution in [0.4, 0.5) is 17.1 Å². The summed E-state index contributed by atoms with van der Waals surface area (Å²) in [7, 11) is 0. The average Bonchev–Trinajstić information content (AvgIpc) is 3.82. The third-order valence-corrected chi connectivity index (χ3v) is 10.9. The number of para-hydroxylation sites is 4. The number of hydrogen-bond donors (Lipinski definition) is 0. The highest BCUT2D eigenvalue weighted by Crippen LogP contribution is 2.47. The van der Waals surface area contributed by atoms with E-state index in [4.69, 9.17) is 8.83 Å². The van der Waals surface area contributed by atoms with E-state index in [2.05, 4.69) is 193 Å². The van der Waals surface area contributed by atoms with Gasteiger partial charge < -0.3 is 13.7 Å². The molecule has 0 aliphatic rings. The third-order valence-electron chi connectivity index (χ3n) is 10.9. The fourth-order valence-electron chi connectivity index (χ4n) is 8.34. The number of rotatable bonds is 6. The zero-order valence-electron chi connectivity index (χ0n) is 29.8. The SMILES string of the molecule is c1ccc(-c2ccccc2N(c2ccc(-c3cccc4oc5ccccc5c34)cc2)c2ccccc2-c2cccc3c2oc2cc4ccccc4cc23)cc1. The summed E-state index contributed by atoms with van der Waals surface area (Å²) in [4.78, 5) is 2.39. The topological polar surface area (TPSA) is 29.5 Å².